The Balaban J connectivity index is 1.22. The molecule has 1 heteroatoms. The van der Waals surface area contributed by atoms with Gasteiger partial charge in [-0.15, -0.1) is 0 Å². The standard InChI is InChI=1S/C60H57N/c1-3-5-7-12-20-44-29-39-56-57(40-44)59(48-32-30-47(31-33-48)46-22-14-9-15-23-46)55-38-28-45(21-13-8-6-4-2)41-58(55)60(56)51-35-34-50-43-54(37-36-49(50)42-51)61(52-24-16-10-17-25-52)53-26-18-11-19-27-53/h9-11,14-19,22-43H,3-8,12-13,20-21H2,1-2H3. The number of anilines is 3. The van der Waals surface area contributed by atoms with Gasteiger partial charge in [0.1, 0.15) is 0 Å². The van der Waals surface area contributed by atoms with E-state index in [-0.39, 0.29) is 0 Å². The highest BCUT2D eigenvalue weighted by Crippen LogP contribution is 2.46. The van der Waals surface area contributed by atoms with Crippen molar-refractivity contribution < 1.29 is 0 Å². The SMILES string of the molecule is CCCCCCc1ccc2c(-c3ccc4cc(N(c5ccccc5)c5ccccc5)ccc4c3)c3cc(CCCCCC)ccc3c(-c3ccc(-c4ccccc4)cc3)c2c1. The van der Waals surface area contributed by atoms with Crippen LogP contribution in [0.15, 0.2) is 188 Å². The Morgan fingerprint density at radius 2 is 0.770 bits per heavy atom. The molecule has 0 aliphatic rings. The number of hydrogen-bond donors (Lipinski definition) is 0. The fourth-order valence-electron chi connectivity index (χ4n) is 9.36. The topological polar surface area (TPSA) is 3.24 Å². The molecule has 9 rings (SSSR count). The van der Waals surface area contributed by atoms with Crippen LogP contribution in [0.3, 0.4) is 0 Å². The average Bonchev–Trinajstić information content (AvgIpc) is 3.32. The predicted molar refractivity (Wildman–Crippen MR) is 266 cm³/mol. The Morgan fingerprint density at radius 3 is 1.33 bits per heavy atom. The van der Waals surface area contributed by atoms with Gasteiger partial charge in [0.15, 0.2) is 0 Å². The summed E-state index contributed by atoms with van der Waals surface area (Å²) in [6, 6.07) is 70.3. The highest BCUT2D eigenvalue weighted by Gasteiger charge is 2.19. The molecule has 0 spiro atoms. The number of unbranched alkanes of at least 4 members (excludes halogenated alkanes) is 6. The number of hydrogen-bond acceptors (Lipinski definition) is 1. The first-order chi connectivity index (χ1) is 30.2. The molecule has 61 heavy (non-hydrogen) atoms. The summed E-state index contributed by atoms with van der Waals surface area (Å²) < 4.78 is 0. The molecule has 0 aromatic heterocycles. The zero-order chi connectivity index (χ0) is 41.4. The molecule has 0 saturated carbocycles. The van der Waals surface area contributed by atoms with E-state index in [1.165, 1.54) is 128 Å². The van der Waals surface area contributed by atoms with E-state index >= 15 is 0 Å². The van der Waals surface area contributed by atoms with Crippen LogP contribution in [0.2, 0.25) is 0 Å². The Kier molecular flexibility index (Phi) is 12.4. The molecule has 0 N–H and O–H groups in total. The largest absolute Gasteiger partial charge is 0.310 e. The molecule has 302 valence electrons. The van der Waals surface area contributed by atoms with E-state index in [4.69, 9.17) is 0 Å². The maximum Gasteiger partial charge on any atom is 0.0468 e. The van der Waals surface area contributed by atoms with Crippen molar-refractivity contribution in [1.82, 2.24) is 0 Å². The van der Waals surface area contributed by atoms with Crippen LogP contribution in [0.5, 0.6) is 0 Å². The van der Waals surface area contributed by atoms with Crippen LogP contribution in [0.25, 0.3) is 65.7 Å². The van der Waals surface area contributed by atoms with Crippen LogP contribution >= 0.6 is 0 Å². The van der Waals surface area contributed by atoms with Crippen LogP contribution < -0.4 is 4.90 Å². The van der Waals surface area contributed by atoms with E-state index in [2.05, 4.69) is 207 Å². The Hall–Kier alpha value is -6.44. The first kappa shape index (κ1) is 40.0. The fourth-order valence-corrected chi connectivity index (χ4v) is 9.36. The maximum atomic E-state index is 2.53. The van der Waals surface area contributed by atoms with Crippen molar-refractivity contribution in [3.05, 3.63) is 199 Å². The van der Waals surface area contributed by atoms with Gasteiger partial charge in [-0.05, 0) is 145 Å². The highest BCUT2D eigenvalue weighted by molar-refractivity contribution is 6.22. The second-order valence-corrected chi connectivity index (χ2v) is 16.8. The zero-order valence-electron chi connectivity index (χ0n) is 35.9. The Labute approximate surface area is 363 Å². The first-order valence-corrected chi connectivity index (χ1v) is 22.8. The van der Waals surface area contributed by atoms with E-state index in [0.717, 1.165) is 29.9 Å². The van der Waals surface area contributed by atoms with Gasteiger partial charge in [-0.3, -0.25) is 0 Å². The molecule has 0 aliphatic carbocycles. The monoisotopic (exact) mass is 791 g/mol. The normalized spacial score (nSPS) is 11.4. The fraction of sp³-hybridized carbons (Fsp3) is 0.200. The smallest absolute Gasteiger partial charge is 0.0468 e. The minimum absolute atomic E-state index is 1.10. The molecule has 0 bridgehead atoms. The van der Waals surface area contributed by atoms with Crippen LogP contribution in [-0.4, -0.2) is 0 Å². The molecule has 0 fully saturated rings. The van der Waals surface area contributed by atoms with Crippen molar-refractivity contribution in [1.29, 1.82) is 0 Å². The van der Waals surface area contributed by atoms with Crippen LogP contribution in [0.1, 0.15) is 76.3 Å². The van der Waals surface area contributed by atoms with Gasteiger partial charge in [-0.25, -0.2) is 0 Å². The molecule has 0 radical (unpaired) electrons. The lowest BCUT2D eigenvalue weighted by Crippen LogP contribution is -2.09. The third-order valence-electron chi connectivity index (χ3n) is 12.6. The number of benzene rings is 9. The molecule has 1 nitrogen and oxygen atoms in total. The van der Waals surface area contributed by atoms with Gasteiger partial charge in [-0.1, -0.05) is 198 Å². The third kappa shape index (κ3) is 8.75. The summed E-state index contributed by atoms with van der Waals surface area (Å²) >= 11 is 0. The lowest BCUT2D eigenvalue weighted by atomic mass is 9.83. The highest BCUT2D eigenvalue weighted by atomic mass is 15.1. The molecule has 0 unspecified atom stereocenters. The minimum Gasteiger partial charge on any atom is -0.310 e. The van der Waals surface area contributed by atoms with Crippen LogP contribution in [-0.2, 0) is 12.8 Å². The van der Waals surface area contributed by atoms with Crippen molar-refractivity contribution >= 4 is 49.4 Å². The quantitative estimate of drug-likeness (QED) is 0.0696. The lowest BCUT2D eigenvalue weighted by molar-refractivity contribution is 0.667. The molecular formula is C60H57N. The van der Waals surface area contributed by atoms with Gasteiger partial charge < -0.3 is 4.90 Å². The van der Waals surface area contributed by atoms with E-state index in [9.17, 15) is 0 Å². The molecule has 0 saturated heterocycles. The zero-order valence-corrected chi connectivity index (χ0v) is 35.9. The molecular weight excluding hydrogens is 735 g/mol. The van der Waals surface area contributed by atoms with Crippen molar-refractivity contribution in [2.24, 2.45) is 0 Å². The number of para-hydroxylation sites is 2. The molecule has 0 atom stereocenters. The molecule has 9 aromatic carbocycles. The summed E-state index contributed by atoms with van der Waals surface area (Å²) in [5, 5.41) is 7.81. The number of fused-ring (bicyclic) bond motifs is 3. The van der Waals surface area contributed by atoms with Gasteiger partial charge in [-0.2, -0.15) is 0 Å². The minimum atomic E-state index is 1.10. The number of aryl methyl sites for hydroxylation is 2. The first-order valence-electron chi connectivity index (χ1n) is 22.8. The van der Waals surface area contributed by atoms with Crippen LogP contribution in [0, 0.1) is 0 Å². The summed E-state index contributed by atoms with van der Waals surface area (Å²) in [5.74, 6) is 0. The van der Waals surface area contributed by atoms with E-state index in [0.29, 0.717) is 0 Å². The maximum absolute atomic E-state index is 2.53. The second kappa shape index (κ2) is 18.9. The van der Waals surface area contributed by atoms with Crippen LogP contribution in [0.4, 0.5) is 17.1 Å². The lowest BCUT2D eigenvalue weighted by Gasteiger charge is -2.25. The molecule has 0 aliphatic heterocycles. The Morgan fingerprint density at radius 1 is 0.311 bits per heavy atom. The van der Waals surface area contributed by atoms with Crippen molar-refractivity contribution in [3.8, 4) is 33.4 Å². The predicted octanol–water partition coefficient (Wildman–Crippen LogP) is 17.9. The van der Waals surface area contributed by atoms with Crippen molar-refractivity contribution in [3.63, 3.8) is 0 Å². The van der Waals surface area contributed by atoms with E-state index in [1.54, 1.807) is 0 Å². The van der Waals surface area contributed by atoms with Crippen molar-refractivity contribution in [2.45, 2.75) is 78.1 Å². The second-order valence-electron chi connectivity index (χ2n) is 16.8. The molecule has 0 heterocycles. The number of rotatable bonds is 16. The molecule has 0 amide bonds. The van der Waals surface area contributed by atoms with E-state index < -0.39 is 0 Å². The summed E-state index contributed by atoms with van der Waals surface area (Å²) in [4.78, 5) is 2.35. The Bertz CT molecular complexity index is 2820. The van der Waals surface area contributed by atoms with E-state index in [1.807, 2.05) is 0 Å². The average molecular weight is 792 g/mol. The number of nitrogens with zero attached hydrogens (tertiary/aromatic N) is 1. The third-order valence-corrected chi connectivity index (χ3v) is 12.6. The van der Waals surface area contributed by atoms with Gasteiger partial charge in [0, 0.05) is 17.1 Å². The van der Waals surface area contributed by atoms with Gasteiger partial charge in [0.2, 0.25) is 0 Å². The summed E-state index contributed by atoms with van der Waals surface area (Å²) in [6.07, 6.45) is 12.3. The van der Waals surface area contributed by atoms with Gasteiger partial charge in [0.25, 0.3) is 0 Å². The summed E-state index contributed by atoms with van der Waals surface area (Å²) in [7, 11) is 0. The summed E-state index contributed by atoms with van der Waals surface area (Å²) in [6.45, 7) is 4.59. The summed E-state index contributed by atoms with van der Waals surface area (Å²) in [5.41, 5.74) is 14.0. The van der Waals surface area contributed by atoms with Gasteiger partial charge in [0.05, 0.1) is 0 Å². The van der Waals surface area contributed by atoms with Gasteiger partial charge >= 0.3 is 0 Å². The molecule has 9 aromatic rings. The van der Waals surface area contributed by atoms with Crippen molar-refractivity contribution in [2.75, 3.05) is 4.90 Å².